The van der Waals surface area contributed by atoms with Crippen molar-refractivity contribution in [1.29, 1.82) is 0 Å². The Morgan fingerprint density at radius 2 is 2.30 bits per heavy atom. The van der Waals surface area contributed by atoms with E-state index in [0.29, 0.717) is 4.47 Å². The number of likely N-dealkylation sites (tertiary alicyclic amines) is 1. The Morgan fingerprint density at radius 1 is 1.55 bits per heavy atom. The Hall–Kier alpha value is -0.690. The van der Waals surface area contributed by atoms with E-state index < -0.39 is 5.82 Å². The first kappa shape index (κ1) is 17.4. The topological polar surface area (TPSA) is 58.4 Å². The highest BCUT2D eigenvalue weighted by Crippen LogP contribution is 2.19. The summed E-state index contributed by atoms with van der Waals surface area (Å²) in [5, 5.41) is 2.58. The highest BCUT2D eigenvalue weighted by Gasteiger charge is 2.19. The summed E-state index contributed by atoms with van der Waals surface area (Å²) in [6.07, 6.45) is 2.00. The molecular weight excluding hydrogens is 349 g/mol. The predicted molar refractivity (Wildman–Crippen MR) is 83.6 cm³/mol. The Bertz CT molecular complexity index is 475. The van der Waals surface area contributed by atoms with Crippen LogP contribution < -0.4 is 11.1 Å². The van der Waals surface area contributed by atoms with Gasteiger partial charge in [-0.1, -0.05) is 15.9 Å². The summed E-state index contributed by atoms with van der Waals surface area (Å²) in [6, 6.07) is 4.69. The molecule has 20 heavy (non-hydrogen) atoms. The van der Waals surface area contributed by atoms with Crippen LogP contribution in [0.15, 0.2) is 22.7 Å². The van der Waals surface area contributed by atoms with Crippen molar-refractivity contribution < 1.29 is 9.18 Å². The molecule has 1 saturated heterocycles. The first-order chi connectivity index (χ1) is 9.04. The molecular formula is C13H18BrClFN3O. The van der Waals surface area contributed by atoms with Gasteiger partial charge in [-0.3, -0.25) is 9.69 Å². The van der Waals surface area contributed by atoms with Gasteiger partial charge in [0.2, 0.25) is 5.91 Å². The molecule has 0 aliphatic carbocycles. The summed E-state index contributed by atoms with van der Waals surface area (Å²) >= 11 is 3.17. The van der Waals surface area contributed by atoms with Crippen LogP contribution in [0, 0.1) is 5.82 Å². The van der Waals surface area contributed by atoms with Gasteiger partial charge in [0.15, 0.2) is 0 Å². The van der Waals surface area contributed by atoms with Crippen molar-refractivity contribution in [1.82, 2.24) is 4.90 Å². The lowest BCUT2D eigenvalue weighted by Gasteiger charge is -2.29. The predicted octanol–water partition coefficient (Wildman–Crippen LogP) is 2.37. The molecule has 1 aromatic carbocycles. The molecule has 1 aliphatic rings. The second kappa shape index (κ2) is 7.93. The Kier molecular flexibility index (Phi) is 6.88. The number of hydrogen-bond acceptors (Lipinski definition) is 3. The van der Waals surface area contributed by atoms with Crippen LogP contribution in [0.2, 0.25) is 0 Å². The van der Waals surface area contributed by atoms with E-state index in [1.54, 1.807) is 12.1 Å². The first-order valence-electron chi connectivity index (χ1n) is 6.27. The van der Waals surface area contributed by atoms with Crippen LogP contribution in [-0.2, 0) is 4.79 Å². The van der Waals surface area contributed by atoms with Gasteiger partial charge in [0, 0.05) is 17.1 Å². The fourth-order valence-electron chi connectivity index (χ4n) is 2.22. The molecule has 0 aromatic heterocycles. The lowest BCUT2D eigenvalue weighted by Crippen LogP contribution is -2.45. The number of benzene rings is 1. The van der Waals surface area contributed by atoms with E-state index in [4.69, 9.17) is 5.73 Å². The zero-order valence-electron chi connectivity index (χ0n) is 10.9. The molecule has 3 N–H and O–H groups in total. The second-order valence-electron chi connectivity index (χ2n) is 4.81. The zero-order valence-corrected chi connectivity index (χ0v) is 13.3. The fraction of sp³-hybridized carbons (Fsp3) is 0.462. The summed E-state index contributed by atoms with van der Waals surface area (Å²) in [6.45, 7) is 1.84. The molecule has 0 radical (unpaired) electrons. The molecule has 0 bridgehead atoms. The van der Waals surface area contributed by atoms with E-state index in [9.17, 15) is 9.18 Å². The van der Waals surface area contributed by atoms with Crippen molar-refractivity contribution in [3.8, 4) is 0 Å². The number of carbonyl (C=O) groups excluding carboxylic acids is 1. The van der Waals surface area contributed by atoms with E-state index in [1.165, 1.54) is 6.07 Å². The third-order valence-electron chi connectivity index (χ3n) is 3.11. The average Bonchev–Trinajstić information content (AvgIpc) is 2.33. The minimum Gasteiger partial charge on any atom is -0.327 e. The van der Waals surface area contributed by atoms with Crippen LogP contribution >= 0.6 is 28.3 Å². The van der Waals surface area contributed by atoms with Crippen molar-refractivity contribution in [2.24, 2.45) is 5.73 Å². The number of hydrogen-bond donors (Lipinski definition) is 2. The molecule has 1 atom stereocenters. The second-order valence-corrected chi connectivity index (χ2v) is 5.73. The number of halogens is 3. The van der Waals surface area contributed by atoms with Crippen LogP contribution in [0.4, 0.5) is 10.1 Å². The van der Waals surface area contributed by atoms with E-state index in [-0.39, 0.29) is 36.6 Å². The standard InChI is InChI=1S/C13H17BrFN3O.ClH/c14-9-3-4-12(11(15)6-9)17-13(19)8-18-5-1-2-10(16)7-18;/h3-4,6,10H,1-2,5,7-8,16H2,(H,17,19);1H/t10-;/m1./s1. The maximum atomic E-state index is 13.6. The van der Waals surface area contributed by atoms with Gasteiger partial charge in [0.1, 0.15) is 5.82 Å². The number of anilines is 1. The molecule has 4 nitrogen and oxygen atoms in total. The van der Waals surface area contributed by atoms with Crippen molar-refractivity contribution in [3.63, 3.8) is 0 Å². The molecule has 1 fully saturated rings. The first-order valence-corrected chi connectivity index (χ1v) is 7.07. The monoisotopic (exact) mass is 365 g/mol. The molecule has 0 saturated carbocycles. The quantitative estimate of drug-likeness (QED) is 0.863. The van der Waals surface area contributed by atoms with Crippen LogP contribution in [0.5, 0.6) is 0 Å². The molecule has 7 heteroatoms. The summed E-state index contributed by atoms with van der Waals surface area (Å²) < 4.78 is 14.2. The van der Waals surface area contributed by atoms with Crippen molar-refractivity contribution in [3.05, 3.63) is 28.5 Å². The third-order valence-corrected chi connectivity index (χ3v) is 3.61. The van der Waals surface area contributed by atoms with E-state index in [1.807, 2.05) is 4.90 Å². The molecule has 1 amide bonds. The summed E-state index contributed by atoms with van der Waals surface area (Å²) in [7, 11) is 0. The number of carbonyl (C=O) groups is 1. The lowest BCUT2D eigenvalue weighted by molar-refractivity contribution is -0.117. The third kappa shape index (κ3) is 5.01. The van der Waals surface area contributed by atoms with E-state index >= 15 is 0 Å². The number of rotatable bonds is 3. The highest BCUT2D eigenvalue weighted by atomic mass is 79.9. The van der Waals surface area contributed by atoms with E-state index in [0.717, 1.165) is 25.9 Å². The molecule has 1 heterocycles. The van der Waals surface area contributed by atoms with Gasteiger partial charge in [0.25, 0.3) is 0 Å². The smallest absolute Gasteiger partial charge is 0.238 e. The van der Waals surface area contributed by atoms with Crippen LogP contribution in [0.3, 0.4) is 0 Å². The average molecular weight is 367 g/mol. The maximum Gasteiger partial charge on any atom is 0.238 e. The zero-order chi connectivity index (χ0) is 13.8. The Labute approximate surface area is 132 Å². The van der Waals surface area contributed by atoms with Gasteiger partial charge in [-0.2, -0.15) is 0 Å². The molecule has 2 rings (SSSR count). The van der Waals surface area contributed by atoms with Gasteiger partial charge in [0.05, 0.1) is 12.2 Å². The van der Waals surface area contributed by atoms with Gasteiger partial charge >= 0.3 is 0 Å². The van der Waals surface area contributed by atoms with Crippen LogP contribution in [0.25, 0.3) is 0 Å². The number of piperidine rings is 1. The van der Waals surface area contributed by atoms with Gasteiger partial charge in [-0.05, 0) is 37.6 Å². The Morgan fingerprint density at radius 3 is 2.95 bits per heavy atom. The summed E-state index contributed by atoms with van der Waals surface area (Å²) in [5.74, 6) is -0.659. The number of nitrogens with zero attached hydrogens (tertiary/aromatic N) is 1. The van der Waals surface area contributed by atoms with Crippen LogP contribution in [0.1, 0.15) is 12.8 Å². The van der Waals surface area contributed by atoms with Gasteiger partial charge in [-0.25, -0.2) is 4.39 Å². The maximum absolute atomic E-state index is 13.6. The molecule has 1 aromatic rings. The number of amides is 1. The van der Waals surface area contributed by atoms with Crippen molar-refractivity contribution >= 4 is 39.9 Å². The minimum absolute atomic E-state index is 0. The molecule has 0 unspecified atom stereocenters. The highest BCUT2D eigenvalue weighted by molar-refractivity contribution is 9.10. The largest absolute Gasteiger partial charge is 0.327 e. The van der Waals surface area contributed by atoms with Crippen LogP contribution in [-0.4, -0.2) is 36.5 Å². The van der Waals surface area contributed by atoms with Crippen molar-refractivity contribution in [2.45, 2.75) is 18.9 Å². The van der Waals surface area contributed by atoms with Gasteiger partial charge < -0.3 is 11.1 Å². The molecule has 1 aliphatic heterocycles. The SMILES string of the molecule is Cl.N[C@@H]1CCCN(CC(=O)Nc2ccc(Br)cc2F)C1. The normalized spacial score (nSPS) is 19.2. The van der Waals surface area contributed by atoms with Gasteiger partial charge in [-0.15, -0.1) is 12.4 Å². The lowest BCUT2D eigenvalue weighted by atomic mass is 10.1. The Balaban J connectivity index is 0.00000200. The summed E-state index contributed by atoms with van der Waals surface area (Å²) in [4.78, 5) is 13.9. The molecule has 0 spiro atoms. The van der Waals surface area contributed by atoms with E-state index in [2.05, 4.69) is 21.2 Å². The summed E-state index contributed by atoms with van der Waals surface area (Å²) in [5.41, 5.74) is 6.06. The molecule has 112 valence electrons. The number of nitrogens with one attached hydrogen (secondary N) is 1. The van der Waals surface area contributed by atoms with Crippen molar-refractivity contribution in [2.75, 3.05) is 25.0 Å². The minimum atomic E-state index is -0.446. The number of nitrogens with two attached hydrogens (primary N) is 1. The fourth-order valence-corrected chi connectivity index (χ4v) is 2.55.